The van der Waals surface area contributed by atoms with Gasteiger partial charge in [0.05, 0.1) is 12.8 Å². The van der Waals surface area contributed by atoms with Crippen LogP contribution >= 0.6 is 0 Å². The summed E-state index contributed by atoms with van der Waals surface area (Å²) in [4.78, 5) is 21.6. The van der Waals surface area contributed by atoms with Crippen molar-refractivity contribution >= 4 is 5.78 Å². The predicted molar refractivity (Wildman–Crippen MR) is 100 cm³/mol. The molecule has 5 heteroatoms. The van der Waals surface area contributed by atoms with E-state index in [-0.39, 0.29) is 17.8 Å². The van der Waals surface area contributed by atoms with Gasteiger partial charge in [0.15, 0.2) is 5.78 Å². The van der Waals surface area contributed by atoms with Crippen LogP contribution < -0.4 is 4.74 Å². The molecular formula is C21H32N2O3. The molecule has 2 fully saturated rings. The Hall–Kier alpha value is -1.49. The second-order valence-electron chi connectivity index (χ2n) is 8.72. The lowest BCUT2D eigenvalue weighted by Crippen LogP contribution is -2.28. The number of hydrogen-bond donors (Lipinski definition) is 1. The Morgan fingerprint density at radius 2 is 2.08 bits per heavy atom. The largest absolute Gasteiger partial charge is 0.476 e. The van der Waals surface area contributed by atoms with E-state index in [4.69, 9.17) is 4.74 Å². The lowest BCUT2D eigenvalue weighted by Gasteiger charge is -2.31. The summed E-state index contributed by atoms with van der Waals surface area (Å²) in [5.41, 5.74) is 1.20. The molecule has 1 aromatic rings. The number of carbonyl (C=O) groups excluding carboxylic acids is 1. The number of ether oxygens (including phenoxy) is 1. The zero-order valence-corrected chi connectivity index (χ0v) is 16.3. The number of Topliss-reactive ketones (excluding diaryl/α,β-unsaturated/α-hetero) is 1. The van der Waals surface area contributed by atoms with Crippen molar-refractivity contribution in [1.82, 2.24) is 9.97 Å². The normalized spacial score (nSPS) is 19.4. The minimum atomic E-state index is -0.139. The fourth-order valence-corrected chi connectivity index (χ4v) is 3.07. The van der Waals surface area contributed by atoms with Gasteiger partial charge in [-0.15, -0.1) is 0 Å². The molecule has 144 valence electrons. The average Bonchev–Trinajstić information content (AvgIpc) is 3.53. The first-order valence-corrected chi connectivity index (χ1v) is 10.1. The van der Waals surface area contributed by atoms with Crippen LogP contribution in [0.15, 0.2) is 6.20 Å². The Bertz CT molecular complexity index is 638. The Labute approximate surface area is 156 Å². The second kappa shape index (κ2) is 8.03. The maximum absolute atomic E-state index is 12.6. The van der Waals surface area contributed by atoms with Gasteiger partial charge in [-0.05, 0) is 55.8 Å². The minimum absolute atomic E-state index is 0.0140. The number of aromatic nitrogens is 2. The summed E-state index contributed by atoms with van der Waals surface area (Å²) < 4.78 is 5.90. The molecule has 1 heterocycles. The van der Waals surface area contributed by atoms with Gasteiger partial charge in [0.25, 0.3) is 0 Å². The number of hydrogen-bond acceptors (Lipinski definition) is 5. The van der Waals surface area contributed by atoms with E-state index in [0.29, 0.717) is 42.4 Å². The van der Waals surface area contributed by atoms with Crippen molar-refractivity contribution in [1.29, 1.82) is 0 Å². The van der Waals surface area contributed by atoms with Gasteiger partial charge in [-0.2, -0.15) is 0 Å². The van der Waals surface area contributed by atoms with Gasteiger partial charge in [-0.1, -0.05) is 20.8 Å². The van der Waals surface area contributed by atoms with Crippen molar-refractivity contribution in [3.8, 4) is 5.88 Å². The van der Waals surface area contributed by atoms with Crippen LogP contribution in [0.1, 0.15) is 87.8 Å². The van der Waals surface area contributed by atoms with Crippen LogP contribution in [0.5, 0.6) is 5.88 Å². The van der Waals surface area contributed by atoms with E-state index in [2.05, 4.69) is 30.7 Å². The standard InChI is InChI=1S/C21H32N2O3/c1-14(2)21(3,13-24)10-4-5-18(25)17-11-22-19(16-8-9-16)20(23-17)26-12-15-6-7-15/h11,14-16,24H,4-10,12-13H2,1-3H3. The summed E-state index contributed by atoms with van der Waals surface area (Å²) in [6.45, 7) is 7.15. The molecule has 1 N–H and O–H groups in total. The van der Waals surface area contributed by atoms with Crippen LogP contribution in [0, 0.1) is 17.3 Å². The molecule has 0 amide bonds. The molecule has 2 aliphatic rings. The van der Waals surface area contributed by atoms with Crippen molar-refractivity contribution in [2.75, 3.05) is 13.2 Å². The molecule has 0 aromatic carbocycles. The van der Waals surface area contributed by atoms with Gasteiger partial charge in [0.2, 0.25) is 5.88 Å². The Morgan fingerprint density at radius 1 is 1.35 bits per heavy atom. The smallest absolute Gasteiger partial charge is 0.236 e. The van der Waals surface area contributed by atoms with Gasteiger partial charge in [0.1, 0.15) is 11.4 Å². The van der Waals surface area contributed by atoms with Crippen LogP contribution in [-0.2, 0) is 0 Å². The van der Waals surface area contributed by atoms with Crippen molar-refractivity contribution in [3.05, 3.63) is 17.6 Å². The molecule has 0 bridgehead atoms. The minimum Gasteiger partial charge on any atom is -0.476 e. The lowest BCUT2D eigenvalue weighted by molar-refractivity contribution is 0.0790. The number of carbonyl (C=O) groups is 1. The van der Waals surface area contributed by atoms with E-state index < -0.39 is 0 Å². The number of aliphatic hydroxyl groups excluding tert-OH is 1. The Balaban J connectivity index is 1.60. The first-order chi connectivity index (χ1) is 12.4. The Kier molecular flexibility index (Phi) is 5.96. The van der Waals surface area contributed by atoms with E-state index in [0.717, 1.165) is 31.4 Å². The molecule has 3 rings (SSSR count). The summed E-state index contributed by atoms with van der Waals surface area (Å²) in [5.74, 6) is 2.07. The first kappa shape index (κ1) is 19.3. The number of aliphatic hydroxyl groups is 1. The van der Waals surface area contributed by atoms with Crippen molar-refractivity contribution in [2.45, 2.75) is 71.6 Å². The fourth-order valence-electron chi connectivity index (χ4n) is 3.07. The van der Waals surface area contributed by atoms with Gasteiger partial charge in [-0.3, -0.25) is 9.78 Å². The molecule has 0 saturated heterocycles. The molecule has 1 aromatic heterocycles. The molecule has 0 radical (unpaired) electrons. The molecule has 1 atom stereocenters. The maximum atomic E-state index is 12.6. The topological polar surface area (TPSA) is 72.3 Å². The monoisotopic (exact) mass is 360 g/mol. The van der Waals surface area contributed by atoms with Gasteiger partial charge < -0.3 is 9.84 Å². The summed E-state index contributed by atoms with van der Waals surface area (Å²) in [6.07, 6.45) is 8.35. The van der Waals surface area contributed by atoms with Gasteiger partial charge in [0, 0.05) is 18.9 Å². The molecular weight excluding hydrogens is 328 g/mol. The van der Waals surface area contributed by atoms with E-state index in [9.17, 15) is 9.90 Å². The number of rotatable bonds is 11. The SMILES string of the molecule is CC(C)C(C)(CO)CCCC(=O)c1cnc(C2CC2)c(OCC2CC2)n1. The zero-order chi connectivity index (χ0) is 18.7. The third kappa shape index (κ3) is 4.81. The molecule has 26 heavy (non-hydrogen) atoms. The highest BCUT2D eigenvalue weighted by atomic mass is 16.5. The Morgan fingerprint density at radius 3 is 2.65 bits per heavy atom. The van der Waals surface area contributed by atoms with Crippen molar-refractivity contribution in [3.63, 3.8) is 0 Å². The van der Waals surface area contributed by atoms with Crippen LogP contribution in [0.25, 0.3) is 0 Å². The summed E-state index contributed by atoms with van der Waals surface area (Å²) in [6, 6.07) is 0. The lowest BCUT2D eigenvalue weighted by atomic mass is 9.76. The zero-order valence-electron chi connectivity index (χ0n) is 16.3. The van der Waals surface area contributed by atoms with E-state index in [1.807, 2.05) is 0 Å². The summed E-state index contributed by atoms with van der Waals surface area (Å²) in [7, 11) is 0. The molecule has 0 aliphatic heterocycles. The van der Waals surface area contributed by atoms with Crippen LogP contribution in [-0.4, -0.2) is 34.1 Å². The molecule has 2 saturated carbocycles. The van der Waals surface area contributed by atoms with Crippen LogP contribution in [0.4, 0.5) is 0 Å². The molecule has 5 nitrogen and oxygen atoms in total. The van der Waals surface area contributed by atoms with E-state index in [1.165, 1.54) is 12.8 Å². The second-order valence-corrected chi connectivity index (χ2v) is 8.72. The molecule has 1 unspecified atom stereocenters. The molecule has 0 spiro atoms. The number of nitrogens with zero attached hydrogens (tertiary/aromatic N) is 2. The predicted octanol–water partition coefficient (Wildman–Crippen LogP) is 4.15. The fraction of sp³-hybridized carbons (Fsp3) is 0.762. The highest BCUT2D eigenvalue weighted by Gasteiger charge is 2.31. The van der Waals surface area contributed by atoms with Crippen LogP contribution in [0.2, 0.25) is 0 Å². The van der Waals surface area contributed by atoms with Crippen molar-refractivity contribution < 1.29 is 14.6 Å². The van der Waals surface area contributed by atoms with Crippen LogP contribution in [0.3, 0.4) is 0 Å². The summed E-state index contributed by atoms with van der Waals surface area (Å²) in [5, 5.41) is 9.65. The average molecular weight is 360 g/mol. The van der Waals surface area contributed by atoms with Gasteiger partial charge >= 0.3 is 0 Å². The quantitative estimate of drug-likeness (QED) is 0.600. The third-order valence-corrected chi connectivity index (χ3v) is 6.08. The highest BCUT2D eigenvalue weighted by Crippen LogP contribution is 2.43. The van der Waals surface area contributed by atoms with E-state index >= 15 is 0 Å². The maximum Gasteiger partial charge on any atom is 0.236 e. The third-order valence-electron chi connectivity index (χ3n) is 6.08. The number of ketones is 1. The highest BCUT2D eigenvalue weighted by molar-refractivity contribution is 5.94. The van der Waals surface area contributed by atoms with E-state index in [1.54, 1.807) is 6.20 Å². The molecule has 2 aliphatic carbocycles. The van der Waals surface area contributed by atoms with Gasteiger partial charge in [-0.25, -0.2) is 4.98 Å². The first-order valence-electron chi connectivity index (χ1n) is 10.1. The van der Waals surface area contributed by atoms with Crippen molar-refractivity contribution in [2.24, 2.45) is 17.3 Å². The summed E-state index contributed by atoms with van der Waals surface area (Å²) >= 11 is 0.